The molecule has 0 N–H and O–H groups in total. The van der Waals surface area contributed by atoms with E-state index in [9.17, 15) is 0 Å². The summed E-state index contributed by atoms with van der Waals surface area (Å²) in [7, 11) is 1.94. The highest BCUT2D eigenvalue weighted by Crippen LogP contribution is 2.59. The predicted octanol–water partition coefficient (Wildman–Crippen LogP) is 5.06. The van der Waals surface area contributed by atoms with Gasteiger partial charge in [0.1, 0.15) is 0 Å². The van der Waals surface area contributed by atoms with Crippen molar-refractivity contribution in [1.82, 2.24) is 0 Å². The summed E-state index contributed by atoms with van der Waals surface area (Å²) >= 11 is 0. The molecule has 2 heteroatoms. The molecule has 4 fully saturated rings. The van der Waals surface area contributed by atoms with Gasteiger partial charge in [-0.25, -0.2) is 0 Å². The van der Waals surface area contributed by atoms with E-state index in [1.54, 1.807) is 0 Å². The van der Waals surface area contributed by atoms with Crippen molar-refractivity contribution in [3.05, 3.63) is 0 Å². The van der Waals surface area contributed by atoms with E-state index in [1.165, 1.54) is 51.4 Å². The molecule has 0 amide bonds. The Morgan fingerprint density at radius 1 is 1.04 bits per heavy atom. The maximum Gasteiger partial charge on any atom is 0.0736 e. The Balaban J connectivity index is 1.45. The van der Waals surface area contributed by atoms with Crippen LogP contribution < -0.4 is 0 Å². The van der Waals surface area contributed by atoms with Gasteiger partial charge in [-0.3, -0.25) is 0 Å². The molecule has 7 atom stereocenters. The minimum Gasteiger partial charge on any atom is -0.378 e. The fourth-order valence-corrected chi connectivity index (χ4v) is 7.30. The zero-order valence-corrected chi connectivity index (χ0v) is 15.6. The van der Waals surface area contributed by atoms with Gasteiger partial charge in [0.15, 0.2) is 0 Å². The molecule has 0 aromatic rings. The molecule has 4 bridgehead atoms. The summed E-state index contributed by atoms with van der Waals surface area (Å²) in [5.41, 5.74) is 0.364. The zero-order chi connectivity index (χ0) is 16.2. The maximum atomic E-state index is 6.85. The van der Waals surface area contributed by atoms with Gasteiger partial charge in [-0.1, -0.05) is 20.8 Å². The number of fused-ring (bicyclic) bond motifs is 4. The lowest BCUT2D eigenvalue weighted by molar-refractivity contribution is -0.146. The van der Waals surface area contributed by atoms with Gasteiger partial charge in [0.25, 0.3) is 0 Å². The summed E-state index contributed by atoms with van der Waals surface area (Å²) in [4.78, 5) is 0. The summed E-state index contributed by atoms with van der Waals surface area (Å²) < 4.78 is 12.9. The number of rotatable bonds is 6. The van der Waals surface area contributed by atoms with Crippen LogP contribution in [0.1, 0.15) is 72.1 Å². The minimum atomic E-state index is 0.163. The van der Waals surface area contributed by atoms with Crippen molar-refractivity contribution >= 4 is 0 Å². The third kappa shape index (κ3) is 2.34. The van der Waals surface area contributed by atoms with Gasteiger partial charge in [-0.05, 0) is 86.9 Å². The monoisotopic (exact) mass is 320 g/mol. The quantitative estimate of drug-likeness (QED) is 0.681. The Morgan fingerprint density at radius 2 is 1.87 bits per heavy atom. The maximum absolute atomic E-state index is 6.85. The molecule has 7 unspecified atom stereocenters. The van der Waals surface area contributed by atoms with Crippen LogP contribution >= 0.6 is 0 Å². The van der Waals surface area contributed by atoms with Crippen LogP contribution in [0.5, 0.6) is 0 Å². The van der Waals surface area contributed by atoms with Crippen LogP contribution in [-0.2, 0) is 9.47 Å². The normalized spacial score (nSPS) is 51.3. The van der Waals surface area contributed by atoms with E-state index in [0.29, 0.717) is 5.92 Å². The fraction of sp³-hybridized carbons (Fsp3) is 1.00. The van der Waals surface area contributed by atoms with Crippen molar-refractivity contribution in [1.29, 1.82) is 0 Å². The first kappa shape index (κ1) is 16.4. The second-order valence-corrected chi connectivity index (χ2v) is 9.53. The van der Waals surface area contributed by atoms with Crippen molar-refractivity contribution in [2.75, 3.05) is 13.7 Å². The van der Waals surface area contributed by atoms with Crippen LogP contribution in [0.2, 0.25) is 0 Å². The molecule has 0 spiro atoms. The number of hydrogen-bond donors (Lipinski definition) is 0. The highest BCUT2D eigenvalue weighted by Gasteiger charge is 2.57. The Morgan fingerprint density at radius 3 is 2.39 bits per heavy atom. The molecule has 132 valence electrons. The summed E-state index contributed by atoms with van der Waals surface area (Å²) in [6.07, 6.45) is 10.9. The molecule has 0 aliphatic heterocycles. The van der Waals surface area contributed by atoms with Crippen LogP contribution in [-0.4, -0.2) is 24.9 Å². The van der Waals surface area contributed by atoms with Crippen LogP contribution in [0.15, 0.2) is 0 Å². The Labute approximate surface area is 142 Å². The van der Waals surface area contributed by atoms with Gasteiger partial charge >= 0.3 is 0 Å². The largest absolute Gasteiger partial charge is 0.378 e. The number of methoxy groups -OCH3 is 1. The lowest BCUT2D eigenvalue weighted by Gasteiger charge is -2.45. The summed E-state index contributed by atoms with van der Waals surface area (Å²) in [5, 5.41) is 0. The highest BCUT2D eigenvalue weighted by atomic mass is 16.5. The molecule has 23 heavy (non-hydrogen) atoms. The SMILES string of the molecule is CCC1(OC)CC2CC(COC3(C(C)C)CC4CCC3C4)C1C2. The van der Waals surface area contributed by atoms with Gasteiger partial charge in [-0.15, -0.1) is 0 Å². The molecule has 0 saturated heterocycles. The molecule has 4 aliphatic rings. The Hall–Kier alpha value is -0.0800. The van der Waals surface area contributed by atoms with E-state index < -0.39 is 0 Å². The molecular weight excluding hydrogens is 284 g/mol. The topological polar surface area (TPSA) is 18.5 Å². The van der Waals surface area contributed by atoms with Crippen molar-refractivity contribution in [3.63, 3.8) is 0 Å². The van der Waals surface area contributed by atoms with Crippen molar-refractivity contribution in [2.45, 2.75) is 83.3 Å². The average molecular weight is 321 g/mol. The molecular formula is C21H36O2. The average Bonchev–Trinajstić information content (AvgIpc) is 3.30. The van der Waals surface area contributed by atoms with Crippen LogP contribution in [0.25, 0.3) is 0 Å². The van der Waals surface area contributed by atoms with E-state index in [1.807, 2.05) is 7.11 Å². The first-order chi connectivity index (χ1) is 11.0. The second-order valence-electron chi connectivity index (χ2n) is 9.53. The first-order valence-corrected chi connectivity index (χ1v) is 10.2. The van der Waals surface area contributed by atoms with Crippen molar-refractivity contribution in [3.8, 4) is 0 Å². The fourth-order valence-electron chi connectivity index (χ4n) is 7.30. The molecule has 0 aromatic heterocycles. The first-order valence-electron chi connectivity index (χ1n) is 10.2. The van der Waals surface area contributed by atoms with E-state index >= 15 is 0 Å². The van der Waals surface area contributed by atoms with Gasteiger partial charge in [0.05, 0.1) is 17.8 Å². The predicted molar refractivity (Wildman–Crippen MR) is 93.3 cm³/mol. The molecule has 0 aromatic carbocycles. The van der Waals surface area contributed by atoms with Gasteiger partial charge in [-0.2, -0.15) is 0 Å². The van der Waals surface area contributed by atoms with Crippen molar-refractivity contribution in [2.24, 2.45) is 35.5 Å². The lowest BCUT2D eigenvalue weighted by Crippen LogP contribution is -2.47. The second kappa shape index (κ2) is 5.73. The molecule has 4 saturated carbocycles. The van der Waals surface area contributed by atoms with Gasteiger partial charge in [0.2, 0.25) is 0 Å². The molecule has 0 heterocycles. The Bertz CT molecular complexity index is 441. The van der Waals surface area contributed by atoms with Gasteiger partial charge in [0, 0.05) is 7.11 Å². The van der Waals surface area contributed by atoms with E-state index in [-0.39, 0.29) is 11.2 Å². The molecule has 4 rings (SSSR count). The Kier molecular flexibility index (Phi) is 4.08. The number of hydrogen-bond acceptors (Lipinski definition) is 2. The minimum absolute atomic E-state index is 0.163. The highest BCUT2D eigenvalue weighted by molar-refractivity contribution is 5.07. The standard InChI is InChI=1S/C21H36O2/c1-5-20(22-4)11-16-8-17(19(20)10-16)13-23-21(14(2)3)12-15-6-7-18(21)9-15/h14-19H,5-13H2,1-4H3. The number of ether oxygens (including phenoxy) is 2. The van der Waals surface area contributed by atoms with Crippen LogP contribution in [0.3, 0.4) is 0 Å². The third-order valence-electron chi connectivity index (χ3n) is 8.49. The van der Waals surface area contributed by atoms with E-state index in [0.717, 1.165) is 36.2 Å². The zero-order valence-electron chi connectivity index (χ0n) is 15.6. The third-order valence-corrected chi connectivity index (χ3v) is 8.49. The lowest BCUT2D eigenvalue weighted by atomic mass is 9.74. The van der Waals surface area contributed by atoms with Gasteiger partial charge < -0.3 is 9.47 Å². The summed E-state index contributed by atoms with van der Waals surface area (Å²) in [6.45, 7) is 8.10. The molecule has 2 nitrogen and oxygen atoms in total. The van der Waals surface area contributed by atoms with Crippen molar-refractivity contribution < 1.29 is 9.47 Å². The summed E-state index contributed by atoms with van der Waals surface area (Å²) in [6, 6.07) is 0. The van der Waals surface area contributed by atoms with Crippen LogP contribution in [0.4, 0.5) is 0 Å². The smallest absolute Gasteiger partial charge is 0.0736 e. The molecule has 0 radical (unpaired) electrons. The molecule has 4 aliphatic carbocycles. The van der Waals surface area contributed by atoms with E-state index in [4.69, 9.17) is 9.47 Å². The van der Waals surface area contributed by atoms with Crippen LogP contribution in [0, 0.1) is 35.5 Å². The summed E-state index contributed by atoms with van der Waals surface area (Å²) in [5.74, 6) is 4.83. The van der Waals surface area contributed by atoms with E-state index in [2.05, 4.69) is 20.8 Å².